The summed E-state index contributed by atoms with van der Waals surface area (Å²) >= 11 is 0. The van der Waals surface area contributed by atoms with Gasteiger partial charge in [-0.3, -0.25) is 9.48 Å². The van der Waals surface area contributed by atoms with Crippen molar-refractivity contribution >= 4 is 5.91 Å². The van der Waals surface area contributed by atoms with E-state index in [-0.39, 0.29) is 18.8 Å². The largest absolute Gasteiger partial charge is 0.454 e. The summed E-state index contributed by atoms with van der Waals surface area (Å²) in [6.45, 7) is 1.27. The molecule has 1 amide bonds. The molecule has 1 N–H and O–H groups in total. The Morgan fingerprint density at radius 2 is 2.08 bits per heavy atom. The fourth-order valence-corrected chi connectivity index (χ4v) is 3.04. The van der Waals surface area contributed by atoms with Gasteiger partial charge in [-0.05, 0) is 36.6 Å². The maximum Gasteiger partial charge on any atom is 0.272 e. The Bertz CT molecular complexity index is 812. The van der Waals surface area contributed by atoms with E-state index in [2.05, 4.69) is 10.4 Å². The number of amides is 1. The van der Waals surface area contributed by atoms with Crippen LogP contribution in [0.2, 0.25) is 0 Å². The lowest BCUT2D eigenvalue weighted by atomic mass is 10.1. The molecule has 0 saturated heterocycles. The quantitative estimate of drug-likeness (QED) is 0.930. The molecular formula is C17H17N3O4. The summed E-state index contributed by atoms with van der Waals surface area (Å²) in [5.74, 6) is 1.40. The summed E-state index contributed by atoms with van der Waals surface area (Å²) in [6.07, 6.45) is 2.01. The van der Waals surface area contributed by atoms with Crippen molar-refractivity contribution in [2.45, 2.75) is 38.1 Å². The number of hydrogen-bond acceptors (Lipinski definition) is 5. The standard InChI is InChI=1S/C17H17N3O4/c21-17(18-11-2-3-11)13-6-12-8-22-16(7-20(12)19-13)10-1-4-14-15(5-10)24-9-23-14/h1,4-6,11,16H,2-3,7-9H2,(H,18,21)/t16-/m0/s1. The molecule has 0 unspecified atom stereocenters. The van der Waals surface area contributed by atoms with E-state index < -0.39 is 0 Å². The summed E-state index contributed by atoms with van der Waals surface area (Å²) in [7, 11) is 0. The molecule has 7 nitrogen and oxygen atoms in total. The number of aromatic nitrogens is 2. The lowest BCUT2D eigenvalue weighted by molar-refractivity contribution is -0.00128. The molecule has 0 bridgehead atoms. The molecular weight excluding hydrogens is 310 g/mol. The van der Waals surface area contributed by atoms with Crippen molar-refractivity contribution in [3.63, 3.8) is 0 Å². The second-order valence-electron chi connectivity index (χ2n) is 6.36. The van der Waals surface area contributed by atoms with Crippen LogP contribution < -0.4 is 14.8 Å². The molecule has 3 heterocycles. The smallest absolute Gasteiger partial charge is 0.272 e. The van der Waals surface area contributed by atoms with Gasteiger partial charge in [0.05, 0.1) is 18.8 Å². The van der Waals surface area contributed by atoms with E-state index in [1.807, 2.05) is 28.9 Å². The Morgan fingerprint density at radius 1 is 1.21 bits per heavy atom. The SMILES string of the molecule is O=C(NC1CC1)c1cc2n(n1)C[C@@H](c1ccc3c(c1)OCO3)OC2. The summed E-state index contributed by atoms with van der Waals surface area (Å²) in [4.78, 5) is 12.1. The van der Waals surface area contributed by atoms with Crippen molar-refractivity contribution in [3.8, 4) is 11.5 Å². The number of benzene rings is 1. The third-order valence-corrected chi connectivity index (χ3v) is 4.55. The van der Waals surface area contributed by atoms with Gasteiger partial charge in [0.1, 0.15) is 6.10 Å². The van der Waals surface area contributed by atoms with Gasteiger partial charge >= 0.3 is 0 Å². The Kier molecular flexibility index (Phi) is 3.02. The molecule has 1 atom stereocenters. The van der Waals surface area contributed by atoms with Crippen molar-refractivity contribution in [1.82, 2.24) is 15.1 Å². The van der Waals surface area contributed by atoms with Gasteiger partial charge in [0.15, 0.2) is 17.2 Å². The monoisotopic (exact) mass is 327 g/mol. The highest BCUT2D eigenvalue weighted by molar-refractivity contribution is 5.92. The molecule has 5 rings (SSSR count). The minimum atomic E-state index is -0.119. The van der Waals surface area contributed by atoms with Crippen LogP contribution >= 0.6 is 0 Å². The fourth-order valence-electron chi connectivity index (χ4n) is 3.04. The summed E-state index contributed by atoms with van der Waals surface area (Å²) < 4.78 is 18.6. The number of hydrogen-bond donors (Lipinski definition) is 1. The van der Waals surface area contributed by atoms with E-state index in [4.69, 9.17) is 14.2 Å². The number of carbonyl (C=O) groups is 1. The normalized spacial score (nSPS) is 21.4. The highest BCUT2D eigenvalue weighted by Crippen LogP contribution is 2.36. The highest BCUT2D eigenvalue weighted by atomic mass is 16.7. The summed E-state index contributed by atoms with van der Waals surface area (Å²) in [5.41, 5.74) is 2.41. The zero-order valence-electron chi connectivity index (χ0n) is 13.0. The first kappa shape index (κ1) is 13.9. The second-order valence-corrected chi connectivity index (χ2v) is 6.36. The first-order valence-electron chi connectivity index (χ1n) is 8.15. The fraction of sp³-hybridized carbons (Fsp3) is 0.412. The molecule has 124 valence electrons. The first-order chi connectivity index (χ1) is 11.8. The zero-order valence-corrected chi connectivity index (χ0v) is 13.0. The van der Waals surface area contributed by atoms with E-state index >= 15 is 0 Å². The third-order valence-electron chi connectivity index (χ3n) is 4.55. The van der Waals surface area contributed by atoms with Crippen molar-refractivity contribution in [1.29, 1.82) is 0 Å². The minimum Gasteiger partial charge on any atom is -0.454 e. The summed E-state index contributed by atoms with van der Waals surface area (Å²) in [5, 5.41) is 7.41. The van der Waals surface area contributed by atoms with Gasteiger partial charge in [-0.25, -0.2) is 0 Å². The van der Waals surface area contributed by atoms with E-state index in [9.17, 15) is 4.79 Å². The van der Waals surface area contributed by atoms with Gasteiger partial charge in [0.25, 0.3) is 5.91 Å². The molecule has 3 aliphatic rings. The van der Waals surface area contributed by atoms with Gasteiger partial charge in [-0.15, -0.1) is 0 Å². The van der Waals surface area contributed by atoms with Crippen LogP contribution in [0.25, 0.3) is 0 Å². The van der Waals surface area contributed by atoms with Crippen LogP contribution in [0.5, 0.6) is 11.5 Å². The number of carbonyl (C=O) groups excluding carboxylic acids is 1. The van der Waals surface area contributed by atoms with Gasteiger partial charge in [-0.2, -0.15) is 5.10 Å². The maximum absolute atomic E-state index is 12.1. The third kappa shape index (κ3) is 2.41. The number of nitrogens with one attached hydrogen (secondary N) is 1. The van der Waals surface area contributed by atoms with Crippen LogP contribution in [0.15, 0.2) is 24.3 Å². The van der Waals surface area contributed by atoms with E-state index in [1.165, 1.54) is 0 Å². The molecule has 2 aromatic rings. The Labute approximate surface area is 138 Å². The van der Waals surface area contributed by atoms with Gasteiger partial charge in [-0.1, -0.05) is 6.07 Å². The molecule has 1 aromatic carbocycles. The predicted octanol–water partition coefficient (Wildman–Crippen LogP) is 1.78. The van der Waals surface area contributed by atoms with E-state index in [0.717, 1.165) is 35.6 Å². The van der Waals surface area contributed by atoms with Crippen LogP contribution in [0.4, 0.5) is 0 Å². The van der Waals surface area contributed by atoms with Crippen molar-refractivity contribution in [2.75, 3.05) is 6.79 Å². The van der Waals surface area contributed by atoms with Crippen LogP contribution in [-0.4, -0.2) is 28.5 Å². The van der Waals surface area contributed by atoms with E-state index in [1.54, 1.807) is 0 Å². The Hall–Kier alpha value is -2.54. The number of rotatable bonds is 3. The molecule has 1 fully saturated rings. The number of nitrogens with zero attached hydrogens (tertiary/aromatic N) is 2. The number of ether oxygens (including phenoxy) is 3. The van der Waals surface area contributed by atoms with Crippen LogP contribution in [0.3, 0.4) is 0 Å². The molecule has 24 heavy (non-hydrogen) atoms. The minimum absolute atomic E-state index is 0.0981. The average molecular weight is 327 g/mol. The van der Waals surface area contributed by atoms with Gasteiger partial charge in [0.2, 0.25) is 6.79 Å². The molecule has 7 heteroatoms. The first-order valence-corrected chi connectivity index (χ1v) is 8.15. The molecule has 2 aliphatic heterocycles. The molecule has 1 aromatic heterocycles. The topological polar surface area (TPSA) is 74.6 Å². The van der Waals surface area contributed by atoms with Crippen LogP contribution in [-0.2, 0) is 17.9 Å². The van der Waals surface area contributed by atoms with Crippen LogP contribution in [0, 0.1) is 0 Å². The number of fused-ring (bicyclic) bond motifs is 2. The lowest BCUT2D eigenvalue weighted by Crippen LogP contribution is -2.26. The van der Waals surface area contributed by atoms with Crippen LogP contribution in [0.1, 0.15) is 40.7 Å². The Balaban J connectivity index is 1.36. The van der Waals surface area contributed by atoms with Crippen molar-refractivity contribution < 1.29 is 19.0 Å². The van der Waals surface area contributed by atoms with Crippen molar-refractivity contribution in [2.24, 2.45) is 0 Å². The van der Waals surface area contributed by atoms with Crippen molar-refractivity contribution in [3.05, 3.63) is 41.2 Å². The predicted molar refractivity (Wildman–Crippen MR) is 82.8 cm³/mol. The molecule has 0 spiro atoms. The maximum atomic E-state index is 12.1. The van der Waals surface area contributed by atoms with Gasteiger partial charge in [0, 0.05) is 6.04 Å². The Morgan fingerprint density at radius 3 is 2.96 bits per heavy atom. The highest BCUT2D eigenvalue weighted by Gasteiger charge is 2.28. The zero-order chi connectivity index (χ0) is 16.1. The lowest BCUT2D eigenvalue weighted by Gasteiger charge is -2.24. The van der Waals surface area contributed by atoms with Gasteiger partial charge < -0.3 is 19.5 Å². The molecule has 1 aliphatic carbocycles. The average Bonchev–Trinajstić information content (AvgIpc) is 3.13. The summed E-state index contributed by atoms with van der Waals surface area (Å²) in [6, 6.07) is 7.96. The molecule has 1 saturated carbocycles. The van der Waals surface area contributed by atoms with E-state index in [0.29, 0.717) is 24.9 Å². The molecule has 0 radical (unpaired) electrons. The second kappa shape index (κ2) is 5.24.